The van der Waals surface area contributed by atoms with Gasteiger partial charge in [0.2, 0.25) is 5.79 Å². The largest absolute Gasteiger partial charge is 0.359 e. The van der Waals surface area contributed by atoms with Gasteiger partial charge in [-0.2, -0.15) is 5.48 Å². The van der Waals surface area contributed by atoms with E-state index in [1.165, 1.54) is 4.90 Å². The molecule has 5 heteroatoms. The van der Waals surface area contributed by atoms with Crippen LogP contribution in [0, 0.1) is 5.92 Å². The van der Waals surface area contributed by atoms with E-state index in [9.17, 15) is 5.11 Å². The molecule has 0 spiro atoms. The van der Waals surface area contributed by atoms with E-state index in [0.717, 1.165) is 31.6 Å². The van der Waals surface area contributed by atoms with Crippen LogP contribution in [-0.4, -0.2) is 35.0 Å². The van der Waals surface area contributed by atoms with Gasteiger partial charge in [0, 0.05) is 25.0 Å². The van der Waals surface area contributed by atoms with Crippen LogP contribution in [0.4, 0.5) is 0 Å². The lowest BCUT2D eigenvalue weighted by Gasteiger charge is -2.48. The third-order valence-electron chi connectivity index (χ3n) is 4.79. The molecular formula is C13H18N3O2+. The summed E-state index contributed by atoms with van der Waals surface area (Å²) in [4.78, 5) is 11.4. The molecule has 5 rings (SSSR count). The van der Waals surface area contributed by atoms with Gasteiger partial charge in [0.1, 0.15) is 6.04 Å². The van der Waals surface area contributed by atoms with Crippen LogP contribution in [0.2, 0.25) is 0 Å². The molecule has 5 heterocycles. The highest BCUT2D eigenvalue weighted by Crippen LogP contribution is 2.41. The first kappa shape index (κ1) is 10.9. The molecule has 4 aliphatic rings. The average molecular weight is 248 g/mol. The number of pyridine rings is 1. The Morgan fingerprint density at radius 2 is 2.22 bits per heavy atom. The highest BCUT2D eigenvalue weighted by molar-refractivity contribution is 5.14. The molecule has 0 amide bonds. The summed E-state index contributed by atoms with van der Waals surface area (Å²) in [6.45, 7) is 2.26. The molecule has 0 aliphatic carbocycles. The third kappa shape index (κ3) is 1.33. The zero-order valence-electron chi connectivity index (χ0n) is 10.2. The van der Waals surface area contributed by atoms with E-state index in [1.54, 1.807) is 6.20 Å². The molecule has 4 saturated heterocycles. The van der Waals surface area contributed by atoms with Gasteiger partial charge in [-0.25, -0.2) is 0 Å². The van der Waals surface area contributed by atoms with Gasteiger partial charge < -0.3 is 10.0 Å². The molecular weight excluding hydrogens is 230 g/mol. The standard InChI is InChI=1S/C13H17N3O2/c17-13-9-4-7-16(8-5-9)12(13)11(15-18-13)10-3-1-2-6-14-10/h1-3,6,9,11-12,15,17H,4-5,7-8H2/p+1/t11-,12+,13-/m1/s1. The minimum Gasteiger partial charge on any atom is -0.359 e. The number of hydroxylamine groups is 1. The minimum atomic E-state index is -1.01. The van der Waals surface area contributed by atoms with Crippen LogP contribution in [0.25, 0.3) is 0 Å². The molecule has 0 aromatic carbocycles. The Labute approximate surface area is 106 Å². The summed E-state index contributed by atoms with van der Waals surface area (Å²) >= 11 is 0. The van der Waals surface area contributed by atoms with Gasteiger partial charge in [-0.1, -0.05) is 6.07 Å². The third-order valence-corrected chi connectivity index (χ3v) is 4.79. The quantitative estimate of drug-likeness (QED) is 0.598. The van der Waals surface area contributed by atoms with Crippen LogP contribution in [0.15, 0.2) is 24.4 Å². The molecule has 5 nitrogen and oxygen atoms in total. The summed E-state index contributed by atoms with van der Waals surface area (Å²) in [5, 5.41) is 10.8. The van der Waals surface area contributed by atoms with Gasteiger partial charge in [0.15, 0.2) is 6.04 Å². The Hall–Kier alpha value is -1.01. The van der Waals surface area contributed by atoms with E-state index in [2.05, 4.69) is 10.5 Å². The maximum absolute atomic E-state index is 10.8. The Bertz CT molecular complexity index is 447. The highest BCUT2D eigenvalue weighted by atomic mass is 16.8. The van der Waals surface area contributed by atoms with Crippen molar-refractivity contribution in [2.24, 2.45) is 5.92 Å². The van der Waals surface area contributed by atoms with Crippen molar-refractivity contribution in [2.75, 3.05) is 13.1 Å². The van der Waals surface area contributed by atoms with Gasteiger partial charge in [-0.05, 0) is 12.1 Å². The zero-order chi connectivity index (χ0) is 12.2. The van der Waals surface area contributed by atoms with Gasteiger partial charge in [0.05, 0.1) is 18.8 Å². The number of fused-ring (bicyclic) bond motifs is 2. The summed E-state index contributed by atoms with van der Waals surface area (Å²) < 4.78 is 0. The molecule has 4 aliphatic heterocycles. The number of hydrogen-bond donors (Lipinski definition) is 3. The monoisotopic (exact) mass is 248 g/mol. The van der Waals surface area contributed by atoms with Crippen molar-refractivity contribution in [3.8, 4) is 0 Å². The Kier molecular flexibility index (Phi) is 2.26. The van der Waals surface area contributed by atoms with Crippen LogP contribution in [-0.2, 0) is 4.84 Å². The summed E-state index contributed by atoms with van der Waals surface area (Å²) in [6, 6.07) is 5.95. The minimum absolute atomic E-state index is 0.00528. The van der Waals surface area contributed by atoms with E-state index in [-0.39, 0.29) is 18.0 Å². The fraction of sp³-hybridized carbons (Fsp3) is 0.615. The summed E-state index contributed by atoms with van der Waals surface area (Å²) in [6.07, 6.45) is 3.90. The average Bonchev–Trinajstić information content (AvgIpc) is 2.81. The molecule has 1 aromatic rings. The van der Waals surface area contributed by atoms with Crippen LogP contribution < -0.4 is 10.4 Å². The van der Waals surface area contributed by atoms with Crippen molar-refractivity contribution in [2.45, 2.75) is 30.7 Å². The topological polar surface area (TPSA) is 58.8 Å². The van der Waals surface area contributed by atoms with Crippen molar-refractivity contribution >= 4 is 0 Å². The first-order chi connectivity index (χ1) is 8.79. The van der Waals surface area contributed by atoms with Crippen LogP contribution in [0.1, 0.15) is 24.6 Å². The fourth-order valence-electron chi connectivity index (χ4n) is 3.90. The van der Waals surface area contributed by atoms with Gasteiger partial charge >= 0.3 is 0 Å². The molecule has 96 valence electrons. The van der Waals surface area contributed by atoms with Crippen LogP contribution in [0.5, 0.6) is 0 Å². The lowest BCUT2D eigenvalue weighted by atomic mass is 9.75. The molecule has 1 aromatic heterocycles. The second kappa shape index (κ2) is 3.74. The number of quaternary nitrogens is 1. The number of aliphatic hydroxyl groups is 1. The fourth-order valence-corrected chi connectivity index (χ4v) is 3.90. The maximum Gasteiger partial charge on any atom is 0.242 e. The Morgan fingerprint density at radius 3 is 2.94 bits per heavy atom. The van der Waals surface area contributed by atoms with E-state index < -0.39 is 5.79 Å². The van der Waals surface area contributed by atoms with Gasteiger partial charge in [0.25, 0.3) is 0 Å². The molecule has 4 fully saturated rings. The smallest absolute Gasteiger partial charge is 0.242 e. The molecule has 3 atom stereocenters. The molecule has 0 unspecified atom stereocenters. The first-order valence-electron chi connectivity index (χ1n) is 6.70. The Balaban J connectivity index is 1.72. The van der Waals surface area contributed by atoms with Crippen LogP contribution in [0.3, 0.4) is 0 Å². The van der Waals surface area contributed by atoms with Crippen molar-refractivity contribution in [1.82, 2.24) is 10.5 Å². The van der Waals surface area contributed by atoms with Crippen molar-refractivity contribution in [1.29, 1.82) is 0 Å². The number of nitrogens with zero attached hydrogens (tertiary/aromatic N) is 1. The van der Waals surface area contributed by atoms with E-state index in [0.29, 0.717) is 0 Å². The summed E-state index contributed by atoms with van der Waals surface area (Å²) in [5.74, 6) is -0.741. The van der Waals surface area contributed by atoms with Crippen LogP contribution >= 0.6 is 0 Å². The second-order valence-corrected chi connectivity index (χ2v) is 5.61. The molecule has 18 heavy (non-hydrogen) atoms. The predicted molar refractivity (Wildman–Crippen MR) is 63.4 cm³/mol. The number of aromatic nitrogens is 1. The SMILES string of the molecule is O[C@]12ON[C@H](c3ccccn3)[C@@H]1[NH+]1CCC2CC1. The lowest BCUT2D eigenvalue weighted by Crippen LogP contribution is -3.21. The Morgan fingerprint density at radius 1 is 1.39 bits per heavy atom. The van der Waals surface area contributed by atoms with Crippen molar-refractivity contribution < 1.29 is 14.8 Å². The van der Waals surface area contributed by atoms with Gasteiger partial charge in [-0.15, -0.1) is 0 Å². The number of hydrogen-bond acceptors (Lipinski definition) is 4. The summed E-state index contributed by atoms with van der Waals surface area (Å²) in [5.41, 5.74) is 3.98. The molecule has 2 bridgehead atoms. The highest BCUT2D eigenvalue weighted by Gasteiger charge is 2.65. The maximum atomic E-state index is 10.8. The zero-order valence-corrected chi connectivity index (χ0v) is 10.2. The second-order valence-electron chi connectivity index (χ2n) is 5.61. The van der Waals surface area contributed by atoms with Gasteiger partial charge in [-0.3, -0.25) is 9.82 Å². The molecule has 0 radical (unpaired) electrons. The normalized spacial score (nSPS) is 46.1. The first-order valence-corrected chi connectivity index (χ1v) is 6.70. The number of nitrogens with one attached hydrogen (secondary N) is 2. The predicted octanol–water partition coefficient (Wildman–Crippen LogP) is -0.977. The van der Waals surface area contributed by atoms with E-state index in [4.69, 9.17) is 4.84 Å². The number of piperidine rings is 3. The van der Waals surface area contributed by atoms with Crippen molar-refractivity contribution in [3.05, 3.63) is 30.1 Å². The summed E-state index contributed by atoms with van der Waals surface area (Å²) in [7, 11) is 0. The molecule has 0 saturated carbocycles. The van der Waals surface area contributed by atoms with E-state index in [1.807, 2.05) is 18.2 Å². The van der Waals surface area contributed by atoms with E-state index >= 15 is 0 Å². The van der Waals surface area contributed by atoms with Crippen molar-refractivity contribution in [3.63, 3.8) is 0 Å². The molecule has 3 N–H and O–H groups in total. The lowest BCUT2D eigenvalue weighted by molar-refractivity contribution is -0.955. The number of rotatable bonds is 1.